The minimum atomic E-state index is -0.470. The fourth-order valence-electron chi connectivity index (χ4n) is 6.47. The van der Waals surface area contributed by atoms with Crippen molar-refractivity contribution in [2.45, 2.75) is 27.2 Å². The van der Waals surface area contributed by atoms with E-state index < -0.39 is 5.41 Å². The molecule has 0 saturated carbocycles. The average molecular weight is 1480 g/mol. The first kappa shape index (κ1) is 98.5. The fraction of sp³-hybridized carbons (Fsp3) is 0.705. The summed E-state index contributed by atoms with van der Waals surface area (Å²) in [5.74, 6) is 49.3. The molecule has 0 aliphatic heterocycles. The van der Waals surface area contributed by atoms with Gasteiger partial charge in [-0.2, -0.15) is 0 Å². The Labute approximate surface area is 625 Å². The van der Waals surface area contributed by atoms with Crippen LogP contribution < -0.4 is 0 Å². The third-order valence-corrected chi connectivity index (χ3v) is 12.1. The maximum atomic E-state index is 11.9. The predicted molar refractivity (Wildman–Crippen MR) is 387 cm³/mol. The van der Waals surface area contributed by atoms with Crippen molar-refractivity contribution in [1.29, 1.82) is 0 Å². The highest BCUT2D eigenvalue weighted by Crippen LogP contribution is 2.21. The van der Waals surface area contributed by atoms with Gasteiger partial charge in [-0.1, -0.05) is 6.92 Å². The largest absolute Gasteiger partial charge is 0.463 e. The van der Waals surface area contributed by atoms with Gasteiger partial charge < -0.3 is 123 Å². The minimum absolute atomic E-state index is 0.208. The van der Waals surface area contributed by atoms with E-state index in [1.165, 1.54) is 0 Å². The Morgan fingerprint density at radius 3 is 0.495 bits per heavy atom. The highest BCUT2D eigenvalue weighted by molar-refractivity contribution is 5.75. The van der Waals surface area contributed by atoms with Crippen molar-refractivity contribution in [2.24, 2.45) is 5.41 Å². The van der Waals surface area contributed by atoms with Gasteiger partial charge in [-0.15, -0.1) is 6.42 Å². The molecule has 586 valence electrons. The van der Waals surface area contributed by atoms with Crippen LogP contribution in [-0.4, -0.2) is 336 Å². The Bertz CT molecular complexity index is 2710. The summed E-state index contributed by atoms with van der Waals surface area (Å²) in [5, 5.41) is 0. The molecule has 0 saturated heterocycles. The molecular weight excluding hydrogens is 1370 g/mol. The predicted octanol–water partition coefficient (Wildman–Crippen LogP) is 2.01. The standard InChI is InChI=1S/C78H112O27/c1-5-7-8-9-10-11-12-13-14-15-16-17-18-19-20-21-22-23-24-25-26-80-27-28-81-29-30-82-31-32-83-33-34-84-35-36-85-37-38-86-39-40-87-41-42-88-43-44-89-45-46-90-47-48-91-49-50-92-51-52-93-53-54-94-55-56-95-57-58-96-59-60-97-61-62-98-63-64-99-65-66-100-67-68-101-69-70-102-71-72-103-73-74-104-75-76-105-77(79)78(3,4)6-2/h1H,6,27-76H2,2-4H3. The zero-order chi connectivity index (χ0) is 75.4. The number of hydrogen-bond donors (Lipinski definition) is 0. The lowest BCUT2D eigenvalue weighted by atomic mass is 9.91. The molecule has 0 bridgehead atoms. The summed E-state index contributed by atoms with van der Waals surface area (Å²) in [6, 6.07) is 0. The van der Waals surface area contributed by atoms with Gasteiger partial charge in [0.25, 0.3) is 0 Å². The Hall–Kier alpha value is -6.53. The molecule has 27 nitrogen and oxygen atoms in total. The molecule has 0 atom stereocenters. The third-order valence-electron chi connectivity index (χ3n) is 12.1. The number of carbonyl (C=O) groups is 1. The summed E-state index contributed by atoms with van der Waals surface area (Å²) in [6.07, 6.45) is 8.15. The monoisotopic (exact) mass is 1480 g/mol. The summed E-state index contributed by atoms with van der Waals surface area (Å²) in [6.45, 7) is 28.4. The van der Waals surface area contributed by atoms with Gasteiger partial charge in [-0.3, -0.25) is 4.79 Å². The molecule has 0 radical (unpaired) electrons. The first-order valence-electron chi connectivity index (χ1n) is 35.1. The van der Waals surface area contributed by atoms with E-state index in [4.69, 9.17) is 130 Å². The summed E-state index contributed by atoms with van der Waals surface area (Å²) in [7, 11) is 0. The van der Waals surface area contributed by atoms with Gasteiger partial charge >= 0.3 is 5.97 Å². The van der Waals surface area contributed by atoms with Crippen molar-refractivity contribution < 1.29 is 128 Å². The second-order valence-corrected chi connectivity index (χ2v) is 20.5. The molecule has 0 spiro atoms. The zero-order valence-corrected chi connectivity index (χ0v) is 62.2. The maximum absolute atomic E-state index is 11.9. The summed E-state index contributed by atoms with van der Waals surface area (Å²) < 4.78 is 143. The van der Waals surface area contributed by atoms with Crippen molar-refractivity contribution >= 4 is 5.97 Å². The van der Waals surface area contributed by atoms with E-state index >= 15 is 0 Å². The van der Waals surface area contributed by atoms with Crippen molar-refractivity contribution in [3.05, 3.63) is 0 Å². The lowest BCUT2D eigenvalue weighted by Gasteiger charge is -2.20. The molecule has 0 N–H and O–H groups in total. The maximum Gasteiger partial charge on any atom is 0.311 e. The molecule has 0 heterocycles. The normalized spacial score (nSPS) is 10.3. The van der Waals surface area contributed by atoms with Gasteiger partial charge in [-0.05, 0) is 67.6 Å². The average Bonchev–Trinajstić information content (AvgIpc) is 0.929. The molecule has 0 aromatic carbocycles. The highest BCUT2D eigenvalue weighted by Gasteiger charge is 2.26. The fourth-order valence-corrected chi connectivity index (χ4v) is 6.47. The van der Waals surface area contributed by atoms with Crippen LogP contribution in [0, 0.1) is 136 Å². The van der Waals surface area contributed by atoms with Crippen LogP contribution in [0.25, 0.3) is 0 Å². The zero-order valence-electron chi connectivity index (χ0n) is 62.2. The van der Waals surface area contributed by atoms with E-state index in [1.54, 1.807) is 0 Å². The van der Waals surface area contributed by atoms with Crippen LogP contribution in [0.4, 0.5) is 0 Å². The van der Waals surface area contributed by atoms with Crippen LogP contribution in [0.3, 0.4) is 0 Å². The van der Waals surface area contributed by atoms with E-state index in [9.17, 15) is 4.79 Å². The quantitative estimate of drug-likeness (QED) is 0.0479. The van der Waals surface area contributed by atoms with Crippen LogP contribution in [0.2, 0.25) is 0 Å². The lowest BCUT2D eigenvalue weighted by Crippen LogP contribution is -2.27. The number of carbonyl (C=O) groups excluding carboxylic acids is 1. The second-order valence-electron chi connectivity index (χ2n) is 20.5. The van der Waals surface area contributed by atoms with E-state index in [-0.39, 0.29) is 19.2 Å². The highest BCUT2D eigenvalue weighted by atomic mass is 16.6. The van der Waals surface area contributed by atoms with Crippen molar-refractivity contribution in [3.63, 3.8) is 0 Å². The molecule has 27 heteroatoms. The first-order valence-corrected chi connectivity index (χ1v) is 35.1. The smallest absolute Gasteiger partial charge is 0.311 e. The molecule has 0 aliphatic carbocycles. The van der Waals surface area contributed by atoms with Crippen LogP contribution in [-0.2, 0) is 128 Å². The molecule has 0 amide bonds. The summed E-state index contributed by atoms with van der Waals surface area (Å²) in [5.41, 5.74) is -0.470. The number of rotatable bonds is 77. The van der Waals surface area contributed by atoms with Crippen LogP contribution >= 0.6 is 0 Å². The number of hydrogen-bond acceptors (Lipinski definition) is 27. The summed E-state index contributed by atoms with van der Waals surface area (Å²) in [4.78, 5) is 11.9. The molecule has 0 aromatic rings. The third kappa shape index (κ3) is 88.0. The molecule has 0 aliphatic rings. The van der Waals surface area contributed by atoms with Crippen LogP contribution in [0.1, 0.15) is 27.2 Å². The topological polar surface area (TPSA) is 257 Å². The van der Waals surface area contributed by atoms with E-state index in [0.29, 0.717) is 317 Å². The molecular formula is C78H112O27. The lowest BCUT2D eigenvalue weighted by molar-refractivity contribution is -0.155. The first-order chi connectivity index (χ1) is 52.0. The van der Waals surface area contributed by atoms with E-state index in [2.05, 4.69) is 125 Å². The van der Waals surface area contributed by atoms with E-state index in [0.717, 1.165) is 6.42 Å². The van der Waals surface area contributed by atoms with E-state index in [1.807, 2.05) is 20.8 Å². The Kier molecular flexibility index (Phi) is 84.3. The van der Waals surface area contributed by atoms with Gasteiger partial charge in [0.1, 0.15) is 19.3 Å². The van der Waals surface area contributed by atoms with Crippen molar-refractivity contribution in [2.75, 3.05) is 330 Å². The number of ether oxygens (including phenoxy) is 26. The molecule has 0 rings (SSSR count). The molecule has 0 aromatic heterocycles. The Balaban J connectivity index is 3.21. The van der Waals surface area contributed by atoms with Crippen LogP contribution in [0.15, 0.2) is 0 Å². The molecule has 105 heavy (non-hydrogen) atoms. The van der Waals surface area contributed by atoms with Gasteiger partial charge in [0.15, 0.2) is 0 Å². The van der Waals surface area contributed by atoms with Gasteiger partial charge in [-0.25, -0.2) is 0 Å². The van der Waals surface area contributed by atoms with Crippen molar-refractivity contribution in [3.8, 4) is 131 Å². The summed E-state index contributed by atoms with van der Waals surface area (Å²) >= 11 is 0. The number of esters is 1. The van der Waals surface area contributed by atoms with Crippen molar-refractivity contribution in [1.82, 2.24) is 0 Å². The SMILES string of the molecule is C#CC#CC#CC#CC#CC#CC#CC#CC#CC#CC#COCCOCCOCCOCCOCCOCCOCCOCCOCCOCCOCCOCCOCCOCCOCCOCCOCCOCCOCCOCCOCCOCCOCCOCCOCCOC(=O)C(C)(C)CC. The van der Waals surface area contributed by atoms with Gasteiger partial charge in [0, 0.05) is 71.0 Å². The second kappa shape index (κ2) is 89.9. The molecule has 0 unspecified atom stereocenters. The Morgan fingerprint density at radius 2 is 0.343 bits per heavy atom. The number of terminal acetylenes is 1. The molecule has 0 fully saturated rings. The van der Waals surface area contributed by atoms with Gasteiger partial charge in [0.05, 0.1) is 323 Å². The minimum Gasteiger partial charge on any atom is -0.463 e. The van der Waals surface area contributed by atoms with Gasteiger partial charge in [0.2, 0.25) is 0 Å². The van der Waals surface area contributed by atoms with Crippen LogP contribution in [0.5, 0.6) is 0 Å². The Morgan fingerprint density at radius 1 is 0.210 bits per heavy atom.